The second-order valence-corrected chi connectivity index (χ2v) is 9.93. The van der Waals surface area contributed by atoms with E-state index in [0.717, 1.165) is 58.4 Å². The SMILES string of the molecule is CCNC(=NCC(c1ccc(C)s1)N1CCOCC1)NC1CN(C(C)C)CC1C.I. The lowest BCUT2D eigenvalue weighted by molar-refractivity contribution is 0.0186. The first-order chi connectivity index (χ1) is 14.0. The molecule has 30 heavy (non-hydrogen) atoms. The van der Waals surface area contributed by atoms with E-state index in [4.69, 9.17) is 9.73 Å². The lowest BCUT2D eigenvalue weighted by Crippen LogP contribution is -2.47. The summed E-state index contributed by atoms with van der Waals surface area (Å²) in [5.74, 6) is 1.57. The van der Waals surface area contributed by atoms with Crippen molar-refractivity contribution < 1.29 is 4.74 Å². The monoisotopic (exact) mass is 549 g/mol. The van der Waals surface area contributed by atoms with Gasteiger partial charge in [-0.2, -0.15) is 0 Å². The van der Waals surface area contributed by atoms with Crippen LogP contribution in [0.4, 0.5) is 0 Å². The quantitative estimate of drug-likeness (QED) is 0.311. The highest BCUT2D eigenvalue weighted by Gasteiger charge is 2.31. The van der Waals surface area contributed by atoms with Crippen LogP contribution in [0.3, 0.4) is 0 Å². The number of rotatable bonds is 7. The molecule has 3 unspecified atom stereocenters. The number of aryl methyl sites for hydroxylation is 1. The van der Waals surface area contributed by atoms with Crippen molar-refractivity contribution in [1.82, 2.24) is 20.4 Å². The number of halogens is 1. The number of likely N-dealkylation sites (tertiary alicyclic amines) is 1. The molecule has 0 aromatic carbocycles. The predicted molar refractivity (Wildman–Crippen MR) is 138 cm³/mol. The standard InChI is InChI=1S/C22H39N5OS.HI/c1-6-23-22(25-19-15-27(16(2)3)14-17(19)4)24-13-20(21-8-7-18(5)29-21)26-9-11-28-12-10-26;/h7-8,16-17,19-20H,6,9-15H2,1-5H3,(H2,23,24,25);1H. The van der Waals surface area contributed by atoms with Crippen LogP contribution < -0.4 is 10.6 Å². The first-order valence-electron chi connectivity index (χ1n) is 11.1. The van der Waals surface area contributed by atoms with Gasteiger partial charge in [-0.25, -0.2) is 0 Å². The Kier molecular flexibility index (Phi) is 10.8. The molecular formula is C22H40IN5OS. The van der Waals surface area contributed by atoms with Crippen molar-refractivity contribution in [1.29, 1.82) is 0 Å². The van der Waals surface area contributed by atoms with Crippen molar-refractivity contribution in [2.75, 3.05) is 52.5 Å². The Balaban J connectivity index is 0.00000320. The van der Waals surface area contributed by atoms with Gasteiger partial charge in [-0.05, 0) is 45.7 Å². The Hall–Kier alpha value is -0.420. The van der Waals surface area contributed by atoms with E-state index in [9.17, 15) is 0 Å². The number of hydrogen-bond acceptors (Lipinski definition) is 5. The fourth-order valence-electron chi connectivity index (χ4n) is 4.19. The highest BCUT2D eigenvalue weighted by atomic mass is 127. The maximum Gasteiger partial charge on any atom is 0.191 e. The average molecular weight is 550 g/mol. The van der Waals surface area contributed by atoms with E-state index in [2.05, 4.69) is 67.2 Å². The minimum Gasteiger partial charge on any atom is -0.379 e. The zero-order chi connectivity index (χ0) is 20.8. The molecule has 0 aliphatic carbocycles. The molecule has 2 fully saturated rings. The van der Waals surface area contributed by atoms with Crippen molar-refractivity contribution in [3.05, 3.63) is 21.9 Å². The minimum atomic E-state index is 0. The van der Waals surface area contributed by atoms with Gasteiger partial charge in [0.2, 0.25) is 0 Å². The molecule has 6 nitrogen and oxygen atoms in total. The normalized spacial score (nSPS) is 24.7. The van der Waals surface area contributed by atoms with E-state index < -0.39 is 0 Å². The second kappa shape index (κ2) is 12.6. The number of thiophene rings is 1. The van der Waals surface area contributed by atoms with Crippen LogP contribution in [-0.2, 0) is 4.74 Å². The molecule has 2 aliphatic heterocycles. The molecule has 2 aliphatic rings. The van der Waals surface area contributed by atoms with Crippen molar-refractivity contribution in [3.8, 4) is 0 Å². The summed E-state index contributed by atoms with van der Waals surface area (Å²) >= 11 is 1.89. The number of nitrogens with one attached hydrogen (secondary N) is 2. The molecule has 0 amide bonds. The zero-order valence-electron chi connectivity index (χ0n) is 19.2. The third-order valence-corrected chi connectivity index (χ3v) is 7.14. The first-order valence-corrected chi connectivity index (χ1v) is 12.0. The molecule has 3 rings (SSSR count). The summed E-state index contributed by atoms with van der Waals surface area (Å²) in [7, 11) is 0. The molecule has 2 N–H and O–H groups in total. The zero-order valence-corrected chi connectivity index (χ0v) is 22.3. The van der Waals surface area contributed by atoms with E-state index >= 15 is 0 Å². The lowest BCUT2D eigenvalue weighted by Gasteiger charge is -2.33. The predicted octanol–water partition coefficient (Wildman–Crippen LogP) is 3.33. The van der Waals surface area contributed by atoms with Gasteiger partial charge in [-0.3, -0.25) is 14.8 Å². The highest BCUT2D eigenvalue weighted by Crippen LogP contribution is 2.28. The van der Waals surface area contributed by atoms with Crippen molar-refractivity contribution in [2.24, 2.45) is 10.9 Å². The third kappa shape index (κ3) is 7.05. The van der Waals surface area contributed by atoms with Gasteiger partial charge < -0.3 is 15.4 Å². The number of aliphatic imine (C=N–C) groups is 1. The fraction of sp³-hybridized carbons (Fsp3) is 0.773. The van der Waals surface area contributed by atoms with Crippen LogP contribution in [0.5, 0.6) is 0 Å². The minimum absolute atomic E-state index is 0. The Labute approximate surface area is 203 Å². The Morgan fingerprint density at radius 2 is 1.97 bits per heavy atom. The maximum atomic E-state index is 5.58. The molecule has 0 spiro atoms. The van der Waals surface area contributed by atoms with Gasteiger partial charge in [0, 0.05) is 54.6 Å². The molecule has 172 valence electrons. The second-order valence-electron chi connectivity index (χ2n) is 8.61. The van der Waals surface area contributed by atoms with E-state index in [1.165, 1.54) is 9.75 Å². The third-order valence-electron chi connectivity index (χ3n) is 6.04. The summed E-state index contributed by atoms with van der Waals surface area (Å²) in [6.07, 6.45) is 0. The van der Waals surface area contributed by atoms with Gasteiger partial charge in [-0.1, -0.05) is 6.92 Å². The van der Waals surface area contributed by atoms with Gasteiger partial charge in [0.15, 0.2) is 5.96 Å². The molecule has 2 saturated heterocycles. The number of nitrogens with zero attached hydrogens (tertiary/aromatic N) is 3. The van der Waals surface area contributed by atoms with Gasteiger partial charge >= 0.3 is 0 Å². The van der Waals surface area contributed by atoms with Gasteiger partial charge in [0.1, 0.15) is 0 Å². The molecule has 1 aromatic rings. The van der Waals surface area contributed by atoms with Crippen LogP contribution >= 0.6 is 35.3 Å². The lowest BCUT2D eigenvalue weighted by atomic mass is 10.1. The summed E-state index contributed by atoms with van der Waals surface area (Å²) < 4.78 is 5.58. The Morgan fingerprint density at radius 1 is 1.23 bits per heavy atom. The summed E-state index contributed by atoms with van der Waals surface area (Å²) in [6.45, 7) is 18.7. The molecule has 0 radical (unpaired) electrons. The number of guanidine groups is 1. The van der Waals surface area contributed by atoms with E-state index in [1.54, 1.807) is 0 Å². The summed E-state index contributed by atoms with van der Waals surface area (Å²) in [5, 5.41) is 7.19. The van der Waals surface area contributed by atoms with E-state index in [1.807, 2.05) is 11.3 Å². The largest absolute Gasteiger partial charge is 0.379 e. The van der Waals surface area contributed by atoms with Gasteiger partial charge in [-0.15, -0.1) is 35.3 Å². The topological polar surface area (TPSA) is 52.1 Å². The van der Waals surface area contributed by atoms with Crippen LogP contribution in [0.15, 0.2) is 17.1 Å². The summed E-state index contributed by atoms with van der Waals surface area (Å²) in [4.78, 5) is 12.9. The van der Waals surface area contributed by atoms with Crippen molar-refractivity contribution in [2.45, 2.75) is 52.7 Å². The summed E-state index contributed by atoms with van der Waals surface area (Å²) in [5.41, 5.74) is 0. The van der Waals surface area contributed by atoms with Crippen molar-refractivity contribution >= 4 is 41.3 Å². The molecule has 3 heterocycles. The molecule has 0 saturated carbocycles. The first kappa shape index (κ1) is 25.8. The summed E-state index contributed by atoms with van der Waals surface area (Å²) in [6, 6.07) is 5.86. The van der Waals surface area contributed by atoms with Crippen molar-refractivity contribution in [3.63, 3.8) is 0 Å². The van der Waals surface area contributed by atoms with E-state index in [0.29, 0.717) is 24.0 Å². The molecule has 8 heteroatoms. The number of hydrogen-bond donors (Lipinski definition) is 2. The average Bonchev–Trinajstić information content (AvgIpc) is 3.29. The van der Waals surface area contributed by atoms with Crippen LogP contribution in [0, 0.1) is 12.8 Å². The number of morpholine rings is 1. The molecule has 3 atom stereocenters. The highest BCUT2D eigenvalue weighted by molar-refractivity contribution is 14.0. The molecule has 0 bridgehead atoms. The fourth-order valence-corrected chi connectivity index (χ4v) is 5.20. The van der Waals surface area contributed by atoms with Crippen LogP contribution in [0.1, 0.15) is 43.5 Å². The Bertz CT molecular complexity index is 662. The van der Waals surface area contributed by atoms with Crippen LogP contribution in [0.25, 0.3) is 0 Å². The molecule has 1 aromatic heterocycles. The number of ether oxygens (including phenoxy) is 1. The van der Waals surface area contributed by atoms with Crippen LogP contribution in [-0.4, -0.2) is 80.3 Å². The maximum absolute atomic E-state index is 5.58. The smallest absolute Gasteiger partial charge is 0.191 e. The Morgan fingerprint density at radius 3 is 2.53 bits per heavy atom. The van der Waals surface area contributed by atoms with Gasteiger partial charge in [0.25, 0.3) is 0 Å². The van der Waals surface area contributed by atoms with Crippen LogP contribution in [0.2, 0.25) is 0 Å². The van der Waals surface area contributed by atoms with Gasteiger partial charge in [0.05, 0.1) is 25.8 Å². The molecular weight excluding hydrogens is 509 g/mol. The van der Waals surface area contributed by atoms with E-state index in [-0.39, 0.29) is 24.0 Å².